The van der Waals surface area contributed by atoms with E-state index in [-0.39, 0.29) is 17.5 Å². The van der Waals surface area contributed by atoms with E-state index in [2.05, 4.69) is 9.97 Å². The maximum atomic E-state index is 13.7. The summed E-state index contributed by atoms with van der Waals surface area (Å²) in [5.41, 5.74) is 1.03. The van der Waals surface area contributed by atoms with E-state index in [1.807, 2.05) is 12.1 Å². The minimum atomic E-state index is -0.575. The second-order valence-electron chi connectivity index (χ2n) is 4.88. The van der Waals surface area contributed by atoms with E-state index in [0.717, 1.165) is 24.6 Å². The van der Waals surface area contributed by atoms with Crippen molar-refractivity contribution in [3.8, 4) is 0 Å². The molecule has 0 saturated heterocycles. The highest BCUT2D eigenvalue weighted by atomic mass is 19.1. The molecule has 2 aromatic heterocycles. The average molecular weight is 271 g/mol. The first kappa shape index (κ1) is 12.7. The molecule has 0 N–H and O–H groups in total. The lowest BCUT2D eigenvalue weighted by atomic mass is 10.2. The van der Waals surface area contributed by atoms with Gasteiger partial charge in [-0.25, -0.2) is 4.39 Å². The lowest BCUT2D eigenvalue weighted by Crippen LogP contribution is -2.33. The van der Waals surface area contributed by atoms with E-state index in [4.69, 9.17) is 0 Å². The molecule has 0 unspecified atom stereocenters. The van der Waals surface area contributed by atoms with Crippen molar-refractivity contribution in [2.45, 2.75) is 25.4 Å². The van der Waals surface area contributed by atoms with Gasteiger partial charge in [-0.1, -0.05) is 6.07 Å². The Bertz CT molecular complexity index is 614. The molecule has 0 aliphatic heterocycles. The van der Waals surface area contributed by atoms with Crippen LogP contribution in [0, 0.1) is 5.82 Å². The number of halogens is 1. The predicted octanol–water partition coefficient (Wildman–Crippen LogP) is 2.42. The molecule has 20 heavy (non-hydrogen) atoms. The molecule has 0 spiro atoms. The number of rotatable bonds is 4. The molecule has 2 heterocycles. The third kappa shape index (κ3) is 2.66. The topological polar surface area (TPSA) is 46.1 Å². The van der Waals surface area contributed by atoms with Crippen molar-refractivity contribution in [1.29, 1.82) is 0 Å². The molecule has 1 amide bonds. The van der Waals surface area contributed by atoms with Crippen LogP contribution in [0.25, 0.3) is 0 Å². The molecule has 0 bridgehead atoms. The lowest BCUT2D eigenvalue weighted by molar-refractivity contribution is 0.0725. The molecule has 1 aliphatic rings. The molecule has 1 aliphatic carbocycles. The van der Waals surface area contributed by atoms with Crippen LogP contribution < -0.4 is 0 Å². The normalized spacial score (nSPS) is 14.1. The van der Waals surface area contributed by atoms with Crippen LogP contribution in [0.1, 0.15) is 28.8 Å². The molecule has 1 fully saturated rings. The van der Waals surface area contributed by atoms with Gasteiger partial charge in [0.15, 0.2) is 5.82 Å². The van der Waals surface area contributed by atoms with Gasteiger partial charge in [0.05, 0.1) is 11.8 Å². The van der Waals surface area contributed by atoms with Crippen LogP contribution in [-0.4, -0.2) is 26.8 Å². The molecule has 5 heteroatoms. The molecule has 4 nitrogen and oxygen atoms in total. The van der Waals surface area contributed by atoms with Crippen molar-refractivity contribution in [2.24, 2.45) is 0 Å². The standard InChI is InChI=1S/C15H14FN3O/c16-14-9-18-7-5-13(14)15(20)19(12-3-4-12)10-11-2-1-6-17-8-11/h1-2,5-9,12H,3-4,10H2. The van der Waals surface area contributed by atoms with Gasteiger partial charge < -0.3 is 4.90 Å². The van der Waals surface area contributed by atoms with Crippen molar-refractivity contribution in [3.63, 3.8) is 0 Å². The molecule has 0 aromatic carbocycles. The molecule has 2 aromatic rings. The zero-order valence-electron chi connectivity index (χ0n) is 10.9. The number of carbonyl (C=O) groups excluding carboxylic acids is 1. The summed E-state index contributed by atoms with van der Waals surface area (Å²) in [6, 6.07) is 5.38. The van der Waals surface area contributed by atoms with Crippen LogP contribution in [0.4, 0.5) is 4.39 Å². The molecule has 102 valence electrons. The lowest BCUT2D eigenvalue weighted by Gasteiger charge is -2.22. The fourth-order valence-electron chi connectivity index (χ4n) is 2.14. The van der Waals surface area contributed by atoms with Gasteiger partial charge in [-0.3, -0.25) is 14.8 Å². The predicted molar refractivity (Wildman–Crippen MR) is 71.3 cm³/mol. The van der Waals surface area contributed by atoms with Crippen LogP contribution >= 0.6 is 0 Å². The Morgan fingerprint density at radius 1 is 1.25 bits per heavy atom. The maximum absolute atomic E-state index is 13.7. The molecule has 1 saturated carbocycles. The Balaban J connectivity index is 1.84. The van der Waals surface area contributed by atoms with Gasteiger partial charge in [0, 0.05) is 31.2 Å². The fraction of sp³-hybridized carbons (Fsp3) is 0.267. The van der Waals surface area contributed by atoms with Crippen molar-refractivity contribution in [2.75, 3.05) is 0 Å². The Morgan fingerprint density at radius 3 is 2.70 bits per heavy atom. The summed E-state index contributed by atoms with van der Waals surface area (Å²) in [5, 5.41) is 0. The fourth-order valence-corrected chi connectivity index (χ4v) is 2.14. The van der Waals surface area contributed by atoms with Gasteiger partial charge >= 0.3 is 0 Å². The third-order valence-electron chi connectivity index (χ3n) is 3.33. The summed E-state index contributed by atoms with van der Waals surface area (Å²) in [6.07, 6.45) is 7.87. The summed E-state index contributed by atoms with van der Waals surface area (Å²) in [5.74, 6) is -0.856. The number of nitrogens with zero attached hydrogens (tertiary/aromatic N) is 3. The largest absolute Gasteiger partial charge is 0.331 e. The van der Waals surface area contributed by atoms with Crippen LogP contribution in [-0.2, 0) is 6.54 Å². The molecule has 3 rings (SSSR count). The van der Waals surface area contributed by atoms with Gasteiger partial charge in [0.25, 0.3) is 5.91 Å². The number of carbonyl (C=O) groups is 1. The number of aromatic nitrogens is 2. The summed E-state index contributed by atoms with van der Waals surface area (Å²) in [7, 11) is 0. The number of pyridine rings is 2. The minimum absolute atomic E-state index is 0.0794. The van der Waals surface area contributed by atoms with Crippen molar-refractivity contribution >= 4 is 5.91 Å². The zero-order chi connectivity index (χ0) is 13.9. The smallest absolute Gasteiger partial charge is 0.257 e. The Kier molecular flexibility index (Phi) is 3.41. The highest BCUT2D eigenvalue weighted by Gasteiger charge is 2.34. The van der Waals surface area contributed by atoms with E-state index in [9.17, 15) is 9.18 Å². The number of hydrogen-bond acceptors (Lipinski definition) is 3. The molecule has 0 radical (unpaired) electrons. The first-order valence-electron chi connectivity index (χ1n) is 6.55. The van der Waals surface area contributed by atoms with Crippen LogP contribution in [0.2, 0.25) is 0 Å². The number of amides is 1. The first-order valence-corrected chi connectivity index (χ1v) is 6.55. The van der Waals surface area contributed by atoms with E-state index >= 15 is 0 Å². The highest BCUT2D eigenvalue weighted by Crippen LogP contribution is 2.30. The van der Waals surface area contributed by atoms with Gasteiger partial charge in [-0.05, 0) is 30.5 Å². The van der Waals surface area contributed by atoms with E-state index < -0.39 is 5.82 Å². The second kappa shape index (κ2) is 5.36. The van der Waals surface area contributed by atoms with Crippen LogP contribution in [0.15, 0.2) is 43.0 Å². The summed E-state index contributed by atoms with van der Waals surface area (Å²) >= 11 is 0. The quantitative estimate of drug-likeness (QED) is 0.858. The van der Waals surface area contributed by atoms with Crippen LogP contribution in [0.5, 0.6) is 0 Å². The van der Waals surface area contributed by atoms with Crippen molar-refractivity contribution in [1.82, 2.24) is 14.9 Å². The van der Waals surface area contributed by atoms with Crippen molar-refractivity contribution in [3.05, 3.63) is 59.9 Å². The van der Waals surface area contributed by atoms with Crippen LogP contribution in [0.3, 0.4) is 0 Å². The van der Waals surface area contributed by atoms with E-state index in [0.29, 0.717) is 6.54 Å². The Hall–Kier alpha value is -2.30. The van der Waals surface area contributed by atoms with E-state index in [1.54, 1.807) is 17.3 Å². The molecular weight excluding hydrogens is 257 g/mol. The molecule has 0 atom stereocenters. The third-order valence-corrected chi connectivity index (χ3v) is 3.33. The van der Waals surface area contributed by atoms with Gasteiger partial charge in [0.2, 0.25) is 0 Å². The van der Waals surface area contributed by atoms with Gasteiger partial charge in [-0.2, -0.15) is 0 Å². The average Bonchev–Trinajstić information content (AvgIpc) is 3.30. The maximum Gasteiger partial charge on any atom is 0.257 e. The Labute approximate surface area is 116 Å². The summed E-state index contributed by atoms with van der Waals surface area (Å²) in [4.78, 5) is 21.9. The Morgan fingerprint density at radius 2 is 2.05 bits per heavy atom. The zero-order valence-corrected chi connectivity index (χ0v) is 10.9. The van der Waals surface area contributed by atoms with Gasteiger partial charge in [0.1, 0.15) is 0 Å². The summed E-state index contributed by atoms with van der Waals surface area (Å²) in [6.45, 7) is 0.457. The second-order valence-corrected chi connectivity index (χ2v) is 4.88. The monoisotopic (exact) mass is 271 g/mol. The highest BCUT2D eigenvalue weighted by molar-refractivity contribution is 5.94. The SMILES string of the molecule is O=C(c1ccncc1F)N(Cc1cccnc1)C1CC1. The molecular formula is C15H14FN3O. The summed E-state index contributed by atoms with van der Waals surface area (Å²) < 4.78 is 13.7. The number of hydrogen-bond donors (Lipinski definition) is 0. The van der Waals surface area contributed by atoms with Crippen molar-refractivity contribution < 1.29 is 9.18 Å². The van der Waals surface area contributed by atoms with E-state index in [1.165, 1.54) is 12.3 Å². The minimum Gasteiger partial charge on any atom is -0.331 e. The first-order chi connectivity index (χ1) is 9.75. The van der Waals surface area contributed by atoms with Gasteiger partial charge in [-0.15, -0.1) is 0 Å².